The van der Waals surface area contributed by atoms with Gasteiger partial charge in [0.2, 0.25) is 0 Å². The molecule has 0 aliphatic heterocycles. The van der Waals surface area contributed by atoms with Crippen LogP contribution in [0.5, 0.6) is 5.75 Å². The van der Waals surface area contributed by atoms with Crippen LogP contribution in [0.1, 0.15) is 31.9 Å². The molecule has 0 fully saturated rings. The highest BCUT2D eigenvalue weighted by Gasteiger charge is 2.17. The molecule has 0 saturated carbocycles. The largest absolute Gasteiger partial charge is 0.486 e. The van der Waals surface area contributed by atoms with Gasteiger partial charge in [-0.05, 0) is 44.5 Å². The lowest BCUT2D eigenvalue weighted by Gasteiger charge is -2.22. The highest BCUT2D eigenvalue weighted by molar-refractivity contribution is 6.17. The van der Waals surface area contributed by atoms with Crippen LogP contribution in [0.15, 0.2) is 53.5 Å². The number of hydrogen-bond acceptors (Lipinski definition) is 2. The summed E-state index contributed by atoms with van der Waals surface area (Å²) in [6.45, 7) is 5.87. The van der Waals surface area contributed by atoms with Crippen LogP contribution in [-0.2, 0) is 0 Å². The summed E-state index contributed by atoms with van der Waals surface area (Å²) < 4.78 is 19.5. The quantitative estimate of drug-likeness (QED) is 0.750. The molecular formula is C19H18FNO. The summed E-state index contributed by atoms with van der Waals surface area (Å²) in [5.74, 6) is 0.259. The summed E-state index contributed by atoms with van der Waals surface area (Å²) in [6, 6.07) is 12.4. The van der Waals surface area contributed by atoms with Gasteiger partial charge in [-0.2, -0.15) is 0 Å². The van der Waals surface area contributed by atoms with Gasteiger partial charge in [-0.15, -0.1) is 0 Å². The summed E-state index contributed by atoms with van der Waals surface area (Å²) in [7, 11) is 0. The Morgan fingerprint density at radius 3 is 2.55 bits per heavy atom. The van der Waals surface area contributed by atoms with E-state index in [2.05, 4.69) is 4.99 Å². The number of fused-ring (bicyclic) bond motifs is 1. The van der Waals surface area contributed by atoms with E-state index in [0.29, 0.717) is 11.4 Å². The molecule has 2 aromatic carbocycles. The minimum Gasteiger partial charge on any atom is -0.486 e. The van der Waals surface area contributed by atoms with Gasteiger partial charge in [0.1, 0.15) is 22.9 Å². The number of ether oxygens (including phenoxy) is 1. The Morgan fingerprint density at radius 2 is 1.77 bits per heavy atom. The molecule has 0 spiro atoms. The molecule has 0 saturated heterocycles. The van der Waals surface area contributed by atoms with Gasteiger partial charge in [-0.1, -0.05) is 30.3 Å². The highest BCUT2D eigenvalue weighted by atomic mass is 19.1. The lowest BCUT2D eigenvalue weighted by molar-refractivity contribution is 0.131. The lowest BCUT2D eigenvalue weighted by Crippen LogP contribution is -2.23. The first kappa shape index (κ1) is 14.5. The predicted molar refractivity (Wildman–Crippen MR) is 88.5 cm³/mol. The summed E-state index contributed by atoms with van der Waals surface area (Å²) in [4.78, 5) is 4.61. The van der Waals surface area contributed by atoms with Gasteiger partial charge >= 0.3 is 0 Å². The molecule has 0 N–H and O–H groups in total. The second-order valence-corrected chi connectivity index (χ2v) is 6.24. The average Bonchev–Trinajstić information content (AvgIpc) is 2.84. The van der Waals surface area contributed by atoms with Crippen molar-refractivity contribution in [3.05, 3.63) is 65.5 Å². The van der Waals surface area contributed by atoms with E-state index >= 15 is 0 Å². The van der Waals surface area contributed by atoms with Crippen LogP contribution in [0.2, 0.25) is 0 Å². The summed E-state index contributed by atoms with van der Waals surface area (Å²) in [6.07, 6.45) is 3.95. The molecule has 2 aromatic rings. The van der Waals surface area contributed by atoms with E-state index in [1.54, 1.807) is 6.07 Å². The molecule has 0 heterocycles. The normalized spacial score (nSPS) is 15.2. The lowest BCUT2D eigenvalue weighted by atomic mass is 10.1. The van der Waals surface area contributed by atoms with Crippen molar-refractivity contribution in [3.63, 3.8) is 0 Å². The first-order chi connectivity index (χ1) is 10.4. The molecule has 2 nitrogen and oxygen atoms in total. The van der Waals surface area contributed by atoms with Crippen molar-refractivity contribution in [2.24, 2.45) is 4.99 Å². The van der Waals surface area contributed by atoms with Crippen molar-refractivity contribution in [2.75, 3.05) is 0 Å². The topological polar surface area (TPSA) is 21.6 Å². The standard InChI is InChI=1S/C19H18FNO/c1-19(2,3)22-18-11-9-14(20)12-17(18)21-16-10-8-13-6-4-5-7-15(13)16/h4-12H,1-3H3. The van der Waals surface area contributed by atoms with E-state index in [0.717, 1.165) is 16.8 Å². The smallest absolute Gasteiger partial charge is 0.145 e. The first-order valence-electron chi connectivity index (χ1n) is 7.27. The third-order valence-electron chi connectivity index (χ3n) is 3.24. The molecule has 3 rings (SSSR count). The Balaban J connectivity index is 2.04. The van der Waals surface area contributed by atoms with Crippen LogP contribution < -0.4 is 4.74 Å². The van der Waals surface area contributed by atoms with Crippen LogP contribution in [0.25, 0.3) is 6.08 Å². The minimum absolute atomic E-state index is 0.323. The summed E-state index contributed by atoms with van der Waals surface area (Å²) in [5.41, 5.74) is 3.13. The molecule has 0 bridgehead atoms. The van der Waals surface area contributed by atoms with Crippen molar-refractivity contribution in [1.29, 1.82) is 0 Å². The Bertz CT molecular complexity index is 769. The van der Waals surface area contributed by atoms with E-state index < -0.39 is 0 Å². The van der Waals surface area contributed by atoms with Gasteiger partial charge in [0, 0.05) is 11.6 Å². The number of hydrogen-bond donors (Lipinski definition) is 0. The fourth-order valence-electron chi connectivity index (χ4n) is 2.36. The van der Waals surface area contributed by atoms with Gasteiger partial charge in [0.25, 0.3) is 0 Å². The third kappa shape index (κ3) is 3.08. The molecule has 0 atom stereocenters. The van der Waals surface area contributed by atoms with Gasteiger partial charge < -0.3 is 4.74 Å². The Labute approximate surface area is 130 Å². The minimum atomic E-state index is -0.365. The Morgan fingerprint density at radius 1 is 1.00 bits per heavy atom. The average molecular weight is 295 g/mol. The number of halogens is 1. The maximum absolute atomic E-state index is 13.6. The van der Waals surface area contributed by atoms with Crippen molar-refractivity contribution >= 4 is 17.5 Å². The number of allylic oxidation sites excluding steroid dienone is 1. The number of benzene rings is 2. The predicted octanol–water partition coefficient (Wildman–Crippen LogP) is 5.15. The second kappa shape index (κ2) is 5.41. The SMILES string of the molecule is CC(C)(C)Oc1ccc(F)cc1N=C1C=Cc2ccccc21. The fraction of sp³-hybridized carbons (Fsp3) is 0.211. The highest BCUT2D eigenvalue weighted by Crippen LogP contribution is 2.33. The van der Waals surface area contributed by atoms with E-state index in [-0.39, 0.29) is 11.4 Å². The van der Waals surface area contributed by atoms with Crippen LogP contribution in [-0.4, -0.2) is 11.3 Å². The molecule has 1 aliphatic rings. The van der Waals surface area contributed by atoms with Crippen molar-refractivity contribution in [2.45, 2.75) is 26.4 Å². The summed E-state index contributed by atoms with van der Waals surface area (Å²) >= 11 is 0. The second-order valence-electron chi connectivity index (χ2n) is 6.24. The monoisotopic (exact) mass is 295 g/mol. The zero-order chi connectivity index (χ0) is 15.7. The molecule has 22 heavy (non-hydrogen) atoms. The summed E-state index contributed by atoms with van der Waals surface area (Å²) in [5, 5.41) is 0. The van der Waals surface area contributed by atoms with Gasteiger partial charge in [0.15, 0.2) is 0 Å². The molecule has 0 amide bonds. The van der Waals surface area contributed by atoms with E-state index in [9.17, 15) is 4.39 Å². The van der Waals surface area contributed by atoms with E-state index in [1.807, 2.05) is 57.2 Å². The first-order valence-corrected chi connectivity index (χ1v) is 7.27. The van der Waals surface area contributed by atoms with Gasteiger partial charge in [-0.3, -0.25) is 0 Å². The van der Waals surface area contributed by atoms with Crippen molar-refractivity contribution in [1.82, 2.24) is 0 Å². The van der Waals surface area contributed by atoms with Crippen LogP contribution in [0.4, 0.5) is 10.1 Å². The molecule has 3 heteroatoms. The van der Waals surface area contributed by atoms with Crippen LogP contribution in [0.3, 0.4) is 0 Å². The van der Waals surface area contributed by atoms with E-state index in [1.165, 1.54) is 12.1 Å². The van der Waals surface area contributed by atoms with Crippen LogP contribution >= 0.6 is 0 Å². The van der Waals surface area contributed by atoms with Gasteiger partial charge in [0.05, 0.1) is 5.71 Å². The maximum atomic E-state index is 13.6. The molecule has 0 unspecified atom stereocenters. The van der Waals surface area contributed by atoms with Gasteiger partial charge in [-0.25, -0.2) is 9.38 Å². The fourth-order valence-corrected chi connectivity index (χ4v) is 2.36. The molecule has 112 valence electrons. The maximum Gasteiger partial charge on any atom is 0.145 e. The molecule has 0 radical (unpaired) electrons. The number of rotatable bonds is 2. The van der Waals surface area contributed by atoms with Crippen molar-refractivity contribution in [3.8, 4) is 5.75 Å². The molecular weight excluding hydrogens is 277 g/mol. The van der Waals surface area contributed by atoms with E-state index in [4.69, 9.17) is 4.74 Å². The zero-order valence-corrected chi connectivity index (χ0v) is 12.9. The Kier molecular flexibility index (Phi) is 3.57. The van der Waals surface area contributed by atoms with Crippen molar-refractivity contribution < 1.29 is 9.13 Å². The number of aliphatic imine (C=N–C) groups is 1. The Hall–Kier alpha value is -2.42. The zero-order valence-electron chi connectivity index (χ0n) is 12.9. The van der Waals surface area contributed by atoms with Crippen LogP contribution in [0, 0.1) is 5.82 Å². The third-order valence-corrected chi connectivity index (χ3v) is 3.24. The molecule has 1 aliphatic carbocycles. The number of nitrogens with zero attached hydrogens (tertiary/aromatic N) is 1. The molecule has 0 aromatic heterocycles.